The third kappa shape index (κ3) is 4.53. The molecule has 1 heterocycles. The minimum Gasteiger partial charge on any atom is -0.492 e. The van der Waals surface area contributed by atoms with Crippen molar-refractivity contribution >= 4 is 5.91 Å². The maximum absolute atomic E-state index is 11.9. The number of amides is 1. The second kappa shape index (κ2) is 7.29. The van der Waals surface area contributed by atoms with Crippen molar-refractivity contribution < 1.29 is 14.3 Å². The molecule has 0 unspecified atom stereocenters. The highest BCUT2D eigenvalue weighted by molar-refractivity contribution is 5.78. The Morgan fingerprint density at radius 2 is 1.90 bits per heavy atom. The molecule has 1 aliphatic heterocycles. The van der Waals surface area contributed by atoms with Crippen LogP contribution in [0.4, 0.5) is 0 Å². The van der Waals surface area contributed by atoms with Crippen molar-refractivity contribution in [1.82, 2.24) is 5.32 Å². The third-order valence-electron chi connectivity index (χ3n) is 3.46. The Hall–Kier alpha value is -1.55. The van der Waals surface area contributed by atoms with Gasteiger partial charge in [-0.3, -0.25) is 4.79 Å². The smallest absolute Gasteiger partial charge is 0.223 e. The summed E-state index contributed by atoms with van der Waals surface area (Å²) in [4.78, 5) is 11.9. The molecule has 2 rings (SSSR count). The van der Waals surface area contributed by atoms with E-state index in [-0.39, 0.29) is 11.8 Å². The summed E-state index contributed by atoms with van der Waals surface area (Å²) < 4.78 is 10.9. The first-order valence-corrected chi connectivity index (χ1v) is 7.22. The van der Waals surface area contributed by atoms with Crippen molar-refractivity contribution in [2.45, 2.75) is 26.7 Å². The van der Waals surface area contributed by atoms with E-state index in [2.05, 4.69) is 11.4 Å². The van der Waals surface area contributed by atoms with Gasteiger partial charge in [-0.05, 0) is 49.9 Å². The van der Waals surface area contributed by atoms with Crippen molar-refractivity contribution in [2.75, 3.05) is 26.4 Å². The Morgan fingerprint density at radius 3 is 2.55 bits per heavy atom. The van der Waals surface area contributed by atoms with Crippen LogP contribution in [0.3, 0.4) is 0 Å². The Labute approximate surface area is 120 Å². The van der Waals surface area contributed by atoms with Gasteiger partial charge < -0.3 is 14.8 Å². The lowest BCUT2D eigenvalue weighted by molar-refractivity contribution is -0.127. The molecular formula is C16H23NO3. The second-order valence-electron chi connectivity index (χ2n) is 5.35. The van der Waals surface area contributed by atoms with Crippen molar-refractivity contribution in [2.24, 2.45) is 5.92 Å². The molecule has 0 aliphatic carbocycles. The number of hydrogen-bond acceptors (Lipinski definition) is 3. The first-order valence-electron chi connectivity index (χ1n) is 7.22. The minimum absolute atomic E-state index is 0.102. The molecule has 1 aromatic carbocycles. The standard InChI is InChI=1S/C16H23NO3/c1-12-9-13(2)11-15(10-12)20-8-5-17-16(18)14-3-6-19-7-4-14/h9-11,14H,3-8H2,1-2H3,(H,17,18). The van der Waals surface area contributed by atoms with Crippen LogP contribution >= 0.6 is 0 Å². The Balaban J connectivity index is 1.69. The lowest BCUT2D eigenvalue weighted by atomic mass is 9.99. The predicted octanol–water partition coefficient (Wildman–Crippen LogP) is 2.23. The summed E-state index contributed by atoms with van der Waals surface area (Å²) in [6, 6.07) is 6.13. The van der Waals surface area contributed by atoms with Gasteiger partial charge in [0.25, 0.3) is 0 Å². The van der Waals surface area contributed by atoms with Gasteiger partial charge in [0, 0.05) is 19.1 Å². The van der Waals surface area contributed by atoms with Gasteiger partial charge in [-0.2, -0.15) is 0 Å². The van der Waals surface area contributed by atoms with Crippen LogP contribution in [-0.2, 0) is 9.53 Å². The van der Waals surface area contributed by atoms with Crippen LogP contribution in [0.2, 0.25) is 0 Å². The number of benzene rings is 1. The highest BCUT2D eigenvalue weighted by atomic mass is 16.5. The highest BCUT2D eigenvalue weighted by Crippen LogP contribution is 2.16. The van der Waals surface area contributed by atoms with Gasteiger partial charge in [-0.25, -0.2) is 0 Å². The molecule has 0 saturated carbocycles. The lowest BCUT2D eigenvalue weighted by Gasteiger charge is -2.21. The monoisotopic (exact) mass is 277 g/mol. The predicted molar refractivity (Wildman–Crippen MR) is 78.0 cm³/mol. The Bertz CT molecular complexity index is 433. The molecule has 1 aromatic rings. The number of carbonyl (C=O) groups excluding carboxylic acids is 1. The summed E-state index contributed by atoms with van der Waals surface area (Å²) in [6.45, 7) is 6.52. The van der Waals surface area contributed by atoms with Gasteiger partial charge in [0.2, 0.25) is 5.91 Å². The average Bonchev–Trinajstić information content (AvgIpc) is 2.43. The molecule has 1 amide bonds. The van der Waals surface area contributed by atoms with Crippen LogP contribution in [0.1, 0.15) is 24.0 Å². The molecule has 1 fully saturated rings. The van der Waals surface area contributed by atoms with Gasteiger partial charge >= 0.3 is 0 Å². The molecule has 0 radical (unpaired) electrons. The van der Waals surface area contributed by atoms with E-state index < -0.39 is 0 Å². The van der Waals surface area contributed by atoms with E-state index in [0.717, 1.165) is 18.6 Å². The number of ether oxygens (including phenoxy) is 2. The summed E-state index contributed by atoms with van der Waals surface area (Å²) in [5, 5.41) is 2.93. The van der Waals surface area contributed by atoms with Gasteiger partial charge in [0.15, 0.2) is 0 Å². The van der Waals surface area contributed by atoms with Crippen LogP contribution in [0.15, 0.2) is 18.2 Å². The molecule has 4 heteroatoms. The van der Waals surface area contributed by atoms with Crippen LogP contribution in [0.5, 0.6) is 5.75 Å². The molecule has 1 aliphatic rings. The summed E-state index contributed by atoms with van der Waals surface area (Å²) in [5.41, 5.74) is 2.37. The molecule has 4 nitrogen and oxygen atoms in total. The summed E-state index contributed by atoms with van der Waals surface area (Å²) in [6.07, 6.45) is 1.65. The fourth-order valence-corrected chi connectivity index (χ4v) is 2.46. The maximum atomic E-state index is 11.9. The number of aryl methyl sites for hydroxylation is 2. The molecular weight excluding hydrogens is 254 g/mol. The maximum Gasteiger partial charge on any atom is 0.223 e. The minimum atomic E-state index is 0.102. The lowest BCUT2D eigenvalue weighted by Crippen LogP contribution is -2.36. The fourth-order valence-electron chi connectivity index (χ4n) is 2.46. The normalized spacial score (nSPS) is 15.9. The van der Waals surface area contributed by atoms with E-state index in [1.165, 1.54) is 11.1 Å². The first kappa shape index (κ1) is 14.9. The SMILES string of the molecule is Cc1cc(C)cc(OCCNC(=O)C2CCOCC2)c1. The van der Waals surface area contributed by atoms with Crippen LogP contribution in [-0.4, -0.2) is 32.3 Å². The van der Waals surface area contributed by atoms with Gasteiger partial charge in [-0.15, -0.1) is 0 Å². The highest BCUT2D eigenvalue weighted by Gasteiger charge is 2.20. The molecule has 1 saturated heterocycles. The Kier molecular flexibility index (Phi) is 5.41. The molecule has 0 aromatic heterocycles. The number of hydrogen-bond donors (Lipinski definition) is 1. The van der Waals surface area contributed by atoms with E-state index in [1.807, 2.05) is 26.0 Å². The van der Waals surface area contributed by atoms with Gasteiger partial charge in [0.05, 0.1) is 6.54 Å². The Morgan fingerprint density at radius 1 is 1.25 bits per heavy atom. The largest absolute Gasteiger partial charge is 0.492 e. The van der Waals surface area contributed by atoms with Gasteiger partial charge in [0.1, 0.15) is 12.4 Å². The molecule has 20 heavy (non-hydrogen) atoms. The zero-order valence-corrected chi connectivity index (χ0v) is 12.3. The van der Waals surface area contributed by atoms with Crippen LogP contribution < -0.4 is 10.1 Å². The molecule has 110 valence electrons. The fraction of sp³-hybridized carbons (Fsp3) is 0.562. The van der Waals surface area contributed by atoms with Crippen LogP contribution in [0, 0.1) is 19.8 Å². The topological polar surface area (TPSA) is 47.6 Å². The average molecular weight is 277 g/mol. The van der Waals surface area contributed by atoms with Crippen LogP contribution in [0.25, 0.3) is 0 Å². The van der Waals surface area contributed by atoms with E-state index in [4.69, 9.17) is 9.47 Å². The van der Waals surface area contributed by atoms with E-state index >= 15 is 0 Å². The van der Waals surface area contributed by atoms with Crippen molar-refractivity contribution in [3.8, 4) is 5.75 Å². The molecule has 0 atom stereocenters. The number of carbonyl (C=O) groups is 1. The second-order valence-corrected chi connectivity index (χ2v) is 5.35. The molecule has 0 bridgehead atoms. The third-order valence-corrected chi connectivity index (χ3v) is 3.46. The summed E-state index contributed by atoms with van der Waals surface area (Å²) in [7, 11) is 0. The molecule has 1 N–H and O–H groups in total. The zero-order valence-electron chi connectivity index (χ0n) is 12.3. The quantitative estimate of drug-likeness (QED) is 0.840. The van der Waals surface area contributed by atoms with E-state index in [1.54, 1.807) is 0 Å². The van der Waals surface area contributed by atoms with Crippen molar-refractivity contribution in [3.05, 3.63) is 29.3 Å². The van der Waals surface area contributed by atoms with E-state index in [9.17, 15) is 4.79 Å². The number of rotatable bonds is 5. The summed E-state index contributed by atoms with van der Waals surface area (Å²) in [5.74, 6) is 1.09. The first-order chi connectivity index (χ1) is 9.65. The van der Waals surface area contributed by atoms with Crippen molar-refractivity contribution in [3.63, 3.8) is 0 Å². The van der Waals surface area contributed by atoms with E-state index in [0.29, 0.717) is 26.4 Å². The van der Waals surface area contributed by atoms with Crippen molar-refractivity contribution in [1.29, 1.82) is 0 Å². The number of nitrogens with one attached hydrogen (secondary N) is 1. The zero-order chi connectivity index (χ0) is 14.4. The van der Waals surface area contributed by atoms with Gasteiger partial charge in [-0.1, -0.05) is 6.07 Å². The summed E-state index contributed by atoms with van der Waals surface area (Å²) >= 11 is 0. The molecule has 0 spiro atoms.